The van der Waals surface area contributed by atoms with Crippen LogP contribution in [0.25, 0.3) is 5.83 Å². The number of Topliss-reactive ketones (excluding diaryl/α,β-unsaturated/α-hetero) is 1. The minimum Gasteiger partial charge on any atom is -0.336 e. The van der Waals surface area contributed by atoms with Crippen LogP contribution in [0, 0.1) is 5.92 Å². The van der Waals surface area contributed by atoms with Crippen LogP contribution in [0.1, 0.15) is 46.3 Å². The highest BCUT2D eigenvalue weighted by Crippen LogP contribution is 2.43. The zero-order valence-electron chi connectivity index (χ0n) is 20.7. The molecule has 3 nitrogen and oxygen atoms in total. The Morgan fingerprint density at radius 2 is 1.51 bits per heavy atom. The van der Waals surface area contributed by atoms with Crippen LogP contribution in [0.5, 0.6) is 0 Å². The van der Waals surface area contributed by atoms with Crippen molar-refractivity contribution in [3.63, 3.8) is 0 Å². The summed E-state index contributed by atoms with van der Waals surface area (Å²) in [7, 11) is 0.803. The van der Waals surface area contributed by atoms with Gasteiger partial charge < -0.3 is 4.90 Å². The average Bonchev–Trinajstić information content (AvgIpc) is 2.82. The Kier molecular flexibility index (Phi) is 11.1. The van der Waals surface area contributed by atoms with Gasteiger partial charge in [0, 0.05) is 39.5 Å². The number of rotatable bonds is 8. The van der Waals surface area contributed by atoms with Crippen molar-refractivity contribution in [3.05, 3.63) is 72.6 Å². The topological polar surface area (TPSA) is 37.4 Å². The predicted molar refractivity (Wildman–Crippen MR) is 138 cm³/mol. The number of carbonyl (C=O) groups excluding carboxylic acids is 2. The largest absolute Gasteiger partial charge is 0.417 e. The molecule has 0 aromatic heterocycles. The van der Waals surface area contributed by atoms with E-state index in [1.165, 1.54) is 0 Å². The minimum atomic E-state index is -5.28. The molecule has 0 aliphatic rings. The van der Waals surface area contributed by atoms with Crippen molar-refractivity contribution < 1.29 is 53.5 Å². The van der Waals surface area contributed by atoms with E-state index in [4.69, 9.17) is 11.6 Å². The summed E-state index contributed by atoms with van der Waals surface area (Å²) in [5, 5.41) is 0.0252. The van der Waals surface area contributed by atoms with E-state index >= 15 is 4.39 Å². The van der Waals surface area contributed by atoms with E-state index in [0.29, 0.717) is 12.1 Å². The van der Waals surface area contributed by atoms with Gasteiger partial charge in [-0.05, 0) is 61.7 Å². The van der Waals surface area contributed by atoms with Crippen molar-refractivity contribution in [3.8, 4) is 0 Å². The number of amides is 1. The minimum absolute atomic E-state index is 0.0252. The molecule has 0 radical (unpaired) electrons. The van der Waals surface area contributed by atoms with E-state index < -0.39 is 83.1 Å². The lowest BCUT2D eigenvalue weighted by Crippen LogP contribution is -2.39. The summed E-state index contributed by atoms with van der Waals surface area (Å²) in [5.74, 6) is -8.19. The molecule has 0 bridgehead atoms. The Balaban J connectivity index is 2.47. The van der Waals surface area contributed by atoms with Gasteiger partial charge in [-0.1, -0.05) is 30.7 Å². The smallest absolute Gasteiger partial charge is 0.336 e. The van der Waals surface area contributed by atoms with E-state index in [2.05, 4.69) is 31.9 Å². The molecule has 0 heterocycles. The third-order valence-electron chi connectivity index (χ3n) is 5.64. The second-order valence-corrected chi connectivity index (χ2v) is 11.0. The first-order valence-corrected chi connectivity index (χ1v) is 13.1. The third kappa shape index (κ3) is 9.43. The monoisotopic (exact) mass is 747 g/mol. The molecule has 226 valence electrons. The molecule has 41 heavy (non-hydrogen) atoms. The fourth-order valence-electron chi connectivity index (χ4n) is 3.75. The van der Waals surface area contributed by atoms with Crippen molar-refractivity contribution in [2.24, 2.45) is 5.92 Å². The molecule has 0 saturated carbocycles. The van der Waals surface area contributed by atoms with Gasteiger partial charge in [0.15, 0.2) is 5.78 Å². The van der Waals surface area contributed by atoms with Gasteiger partial charge in [0.2, 0.25) is 5.91 Å². The first-order valence-electron chi connectivity index (χ1n) is 11.2. The molecule has 0 fully saturated rings. The van der Waals surface area contributed by atoms with Crippen molar-refractivity contribution in [2.45, 2.75) is 37.8 Å². The molecule has 2 aromatic carbocycles. The van der Waals surface area contributed by atoms with Crippen LogP contribution < -0.4 is 0 Å². The second kappa shape index (κ2) is 13.0. The van der Waals surface area contributed by atoms with Crippen molar-refractivity contribution >= 4 is 61.0 Å². The zero-order chi connectivity index (χ0) is 31.7. The Labute approximate surface area is 248 Å². The number of hydrogen-bond donors (Lipinski definition) is 0. The number of ketones is 1. The maximum Gasteiger partial charge on any atom is 0.417 e. The highest BCUT2D eigenvalue weighted by molar-refractivity contribution is 9.11. The quantitative estimate of drug-likeness (QED) is 0.153. The summed E-state index contributed by atoms with van der Waals surface area (Å²) in [6, 6.07) is 3.25. The molecular weight excluding hydrogens is 732 g/mol. The van der Waals surface area contributed by atoms with Crippen LogP contribution in [0.2, 0.25) is 5.02 Å². The van der Waals surface area contributed by atoms with Gasteiger partial charge in [-0.2, -0.15) is 39.5 Å². The molecule has 2 rings (SSSR count). The van der Waals surface area contributed by atoms with Crippen LogP contribution in [-0.2, 0) is 11.0 Å². The van der Waals surface area contributed by atoms with Gasteiger partial charge in [-0.3, -0.25) is 9.59 Å². The Morgan fingerprint density at radius 1 is 0.976 bits per heavy atom. The first kappa shape index (κ1) is 35.1. The highest BCUT2D eigenvalue weighted by atomic mass is 79.9. The second-order valence-electron chi connectivity index (χ2n) is 8.93. The number of carbonyl (C=O) groups is 2. The summed E-state index contributed by atoms with van der Waals surface area (Å²) in [5.41, 5.74) is -4.16. The third-order valence-corrected chi connectivity index (χ3v) is 7.75. The van der Waals surface area contributed by atoms with Gasteiger partial charge >= 0.3 is 18.5 Å². The van der Waals surface area contributed by atoms with E-state index in [9.17, 15) is 49.1 Å². The summed E-state index contributed by atoms with van der Waals surface area (Å²) >= 11 is 11.8. The van der Waals surface area contributed by atoms with Crippen LogP contribution in [-0.4, -0.2) is 42.5 Å². The van der Waals surface area contributed by atoms with E-state index in [-0.39, 0.29) is 31.0 Å². The summed E-state index contributed by atoms with van der Waals surface area (Å²) < 4.78 is 136. The maximum atomic E-state index is 15.0. The van der Waals surface area contributed by atoms with Gasteiger partial charge in [-0.25, -0.2) is 4.39 Å². The normalized spacial score (nSPS) is 14.6. The highest BCUT2D eigenvalue weighted by Gasteiger charge is 2.41. The van der Waals surface area contributed by atoms with Crippen LogP contribution in [0.15, 0.2) is 45.4 Å². The number of benzene rings is 2. The molecule has 2 aromatic rings. The summed E-state index contributed by atoms with van der Waals surface area (Å²) in [4.78, 5) is 25.1. The molecule has 0 aliphatic carbocycles. The maximum absolute atomic E-state index is 15.0. The van der Waals surface area contributed by atoms with Crippen molar-refractivity contribution in [1.82, 2.24) is 4.90 Å². The Morgan fingerprint density at radius 3 is 1.98 bits per heavy atom. The number of allylic oxidation sites excluding steroid dienone is 1. The molecule has 2 atom stereocenters. The average molecular weight is 750 g/mol. The lowest BCUT2D eigenvalue weighted by Gasteiger charge is -2.22. The lowest BCUT2D eigenvalue weighted by molar-refractivity contribution is -0.160. The molecule has 0 spiro atoms. The number of hydrogen-bond acceptors (Lipinski definition) is 2. The Bertz CT molecular complexity index is 1320. The van der Waals surface area contributed by atoms with Gasteiger partial charge in [0.1, 0.15) is 18.3 Å². The number of nitrogens with zero attached hydrogens (tertiary/aromatic N) is 1. The summed E-state index contributed by atoms with van der Waals surface area (Å²) in [6.07, 6.45) is -16.0. The van der Waals surface area contributed by atoms with E-state index in [1.54, 1.807) is 0 Å². The SMILES string of the molecule is C[C@@H](CC(=O)c1ccc(/C(F)=C/C(c2cc(Br)c(Cl)c(Br)c2)C(F)(F)F)cc1C(F)(F)F)C(=O)N(C)CC(F)(F)F. The van der Waals surface area contributed by atoms with Crippen LogP contribution in [0.3, 0.4) is 0 Å². The van der Waals surface area contributed by atoms with E-state index in [0.717, 1.165) is 26.1 Å². The number of alkyl halides is 9. The van der Waals surface area contributed by atoms with Gasteiger partial charge in [0.05, 0.1) is 10.6 Å². The van der Waals surface area contributed by atoms with Crippen LogP contribution in [0.4, 0.5) is 43.9 Å². The molecule has 1 unspecified atom stereocenters. The number of halogens is 13. The standard InChI is InChI=1S/C25H18Br2ClF10NO2/c1-11(22(41)39(2)10-23(30,31)32)5-20(40)14-4-3-12(6-16(14)25(36,37)38)19(29)9-15(24(33,34)35)13-7-17(26)21(28)18(27)8-13/h3-4,6-9,11,15H,5,10H2,1-2H3/b19-9-/t11-,15?/m0/s1. The fourth-order valence-corrected chi connectivity index (χ4v) is 5.08. The lowest BCUT2D eigenvalue weighted by atomic mass is 9.92. The molecule has 1 amide bonds. The molecule has 0 N–H and O–H groups in total. The van der Waals surface area contributed by atoms with Gasteiger partial charge in [-0.15, -0.1) is 0 Å². The van der Waals surface area contributed by atoms with Crippen molar-refractivity contribution in [2.75, 3.05) is 13.6 Å². The molecule has 16 heteroatoms. The predicted octanol–water partition coefficient (Wildman–Crippen LogP) is 9.77. The Hall–Kier alpha value is -2.13. The van der Waals surface area contributed by atoms with Crippen LogP contribution >= 0.6 is 43.5 Å². The molecular formula is C25H18Br2ClF10NO2. The van der Waals surface area contributed by atoms with E-state index in [1.807, 2.05) is 0 Å². The van der Waals surface area contributed by atoms with Crippen molar-refractivity contribution in [1.29, 1.82) is 0 Å². The first-order chi connectivity index (χ1) is 18.5. The molecule has 0 aliphatic heterocycles. The van der Waals surface area contributed by atoms with Gasteiger partial charge in [0.25, 0.3) is 0 Å². The molecule has 0 saturated heterocycles. The zero-order valence-corrected chi connectivity index (χ0v) is 24.6. The summed E-state index contributed by atoms with van der Waals surface area (Å²) in [6.45, 7) is -0.608. The fraction of sp³-hybridized carbons (Fsp3) is 0.360.